The van der Waals surface area contributed by atoms with E-state index in [4.69, 9.17) is 23.2 Å². The van der Waals surface area contributed by atoms with E-state index in [1.807, 2.05) is 30.3 Å². The molecule has 0 fully saturated rings. The lowest BCUT2D eigenvalue weighted by Crippen LogP contribution is -2.43. The van der Waals surface area contributed by atoms with E-state index in [1.54, 1.807) is 48.5 Å². The predicted molar refractivity (Wildman–Crippen MR) is 160 cm³/mol. The Kier molecular flexibility index (Phi) is 10.1. The Hall–Kier alpha value is -4.40. The van der Waals surface area contributed by atoms with Gasteiger partial charge in [-0.15, -0.1) is 0 Å². The highest BCUT2D eigenvalue weighted by atomic mass is 35.5. The van der Waals surface area contributed by atoms with E-state index in [9.17, 15) is 32.7 Å². The molecule has 4 aromatic carbocycles. The van der Waals surface area contributed by atoms with Crippen molar-refractivity contribution in [1.29, 1.82) is 0 Å². The first-order valence-electron chi connectivity index (χ1n) is 12.9. The normalized spacial score (nSPS) is 12.4. The first-order chi connectivity index (χ1) is 20.4. The number of Topliss-reactive ketones (excluding diaryl/α,β-unsaturated/α-hetero) is 1. The molecule has 1 amide bonds. The van der Waals surface area contributed by atoms with Crippen LogP contribution in [-0.4, -0.2) is 28.8 Å². The molecule has 1 unspecified atom stereocenters. The summed E-state index contributed by atoms with van der Waals surface area (Å²) in [6.45, 7) is 0. The van der Waals surface area contributed by atoms with Gasteiger partial charge in [0, 0.05) is 29.0 Å². The minimum Gasteiger partial charge on any atom is -0.480 e. The molecule has 4 aromatic rings. The third-order valence-corrected chi connectivity index (χ3v) is 7.13. The summed E-state index contributed by atoms with van der Waals surface area (Å²) in [4.78, 5) is 38.7. The lowest BCUT2D eigenvalue weighted by molar-refractivity contribution is -0.141. The number of rotatable bonds is 10. The summed E-state index contributed by atoms with van der Waals surface area (Å²) in [7, 11) is 0. The van der Waals surface area contributed by atoms with E-state index < -0.39 is 46.9 Å². The van der Waals surface area contributed by atoms with Gasteiger partial charge >= 0.3 is 12.1 Å². The molecule has 0 aromatic heterocycles. The molecule has 220 valence electrons. The first kappa shape index (κ1) is 31.5. The van der Waals surface area contributed by atoms with E-state index in [0.29, 0.717) is 10.6 Å². The summed E-state index contributed by atoms with van der Waals surface area (Å²) in [6.07, 6.45) is -4.24. The van der Waals surface area contributed by atoms with Gasteiger partial charge in [0.15, 0.2) is 5.78 Å². The second-order valence-corrected chi connectivity index (χ2v) is 10.5. The van der Waals surface area contributed by atoms with E-state index in [-0.39, 0.29) is 23.1 Å². The van der Waals surface area contributed by atoms with E-state index in [0.717, 1.165) is 29.3 Å². The SMILES string of the molecule is O=C(NC(Cc1ccc(Cl)cc1)C(=O)O)C(=Cc1ccc(Cl)c(C(F)(F)F)c1)CC(=O)c1ccc(-c2ccccc2)cc1. The molecule has 0 radical (unpaired) electrons. The number of nitrogens with one attached hydrogen (secondary N) is 1. The Morgan fingerprint density at radius 3 is 2.07 bits per heavy atom. The van der Waals surface area contributed by atoms with Crippen LogP contribution in [-0.2, 0) is 22.2 Å². The highest BCUT2D eigenvalue weighted by Crippen LogP contribution is 2.35. The molecule has 0 aliphatic heterocycles. The number of benzene rings is 4. The van der Waals surface area contributed by atoms with Gasteiger partial charge in [0.05, 0.1) is 10.6 Å². The molecule has 5 nitrogen and oxygen atoms in total. The molecule has 4 rings (SSSR count). The maximum absolute atomic E-state index is 13.5. The largest absolute Gasteiger partial charge is 0.480 e. The number of hydrogen-bond donors (Lipinski definition) is 2. The van der Waals surface area contributed by atoms with Crippen molar-refractivity contribution in [1.82, 2.24) is 5.32 Å². The van der Waals surface area contributed by atoms with Crippen molar-refractivity contribution in [3.63, 3.8) is 0 Å². The Bertz CT molecular complexity index is 1650. The number of hydrogen-bond acceptors (Lipinski definition) is 3. The molecule has 0 saturated carbocycles. The van der Waals surface area contributed by atoms with Crippen molar-refractivity contribution < 1.29 is 32.7 Å². The van der Waals surface area contributed by atoms with Crippen LogP contribution in [0.2, 0.25) is 10.0 Å². The molecule has 0 spiro atoms. The Labute approximate surface area is 255 Å². The molecule has 43 heavy (non-hydrogen) atoms. The number of aliphatic carboxylic acids is 1. The molecule has 1 atom stereocenters. The van der Waals surface area contributed by atoms with Crippen molar-refractivity contribution in [3.8, 4) is 11.1 Å². The van der Waals surface area contributed by atoms with Gasteiger partial charge in [0.2, 0.25) is 5.91 Å². The number of carbonyl (C=O) groups excluding carboxylic acids is 2. The molecule has 2 N–H and O–H groups in total. The second-order valence-electron chi connectivity index (χ2n) is 9.64. The summed E-state index contributed by atoms with van der Waals surface area (Å²) in [5.74, 6) is -2.74. The van der Waals surface area contributed by atoms with Crippen LogP contribution in [0.25, 0.3) is 17.2 Å². The zero-order valence-corrected chi connectivity index (χ0v) is 23.9. The van der Waals surface area contributed by atoms with Crippen molar-refractivity contribution in [3.05, 3.63) is 135 Å². The van der Waals surface area contributed by atoms with Gasteiger partial charge in [0.25, 0.3) is 0 Å². The molecule has 0 saturated heterocycles. The fraction of sp³-hybridized carbons (Fsp3) is 0.121. The maximum atomic E-state index is 13.5. The minimum atomic E-state index is -4.76. The van der Waals surface area contributed by atoms with E-state index >= 15 is 0 Å². The van der Waals surface area contributed by atoms with Crippen molar-refractivity contribution in [2.24, 2.45) is 0 Å². The van der Waals surface area contributed by atoms with Crippen molar-refractivity contribution in [2.75, 3.05) is 0 Å². The Morgan fingerprint density at radius 1 is 0.837 bits per heavy atom. The quantitative estimate of drug-likeness (QED) is 0.138. The van der Waals surface area contributed by atoms with Crippen molar-refractivity contribution >= 4 is 46.9 Å². The predicted octanol–water partition coefficient (Wildman–Crippen LogP) is 8.15. The minimum absolute atomic E-state index is 0.0429. The van der Waals surface area contributed by atoms with Crippen LogP contribution in [0, 0.1) is 0 Å². The van der Waals surface area contributed by atoms with Crippen LogP contribution in [0.4, 0.5) is 13.2 Å². The van der Waals surface area contributed by atoms with Crippen LogP contribution in [0.3, 0.4) is 0 Å². The number of carbonyl (C=O) groups is 3. The summed E-state index contributed by atoms with van der Waals surface area (Å²) in [5.41, 5.74) is 1.25. The zero-order valence-electron chi connectivity index (χ0n) is 22.4. The fourth-order valence-electron chi connectivity index (χ4n) is 4.31. The van der Waals surface area contributed by atoms with Gasteiger partial charge in [-0.3, -0.25) is 9.59 Å². The number of halogens is 5. The van der Waals surface area contributed by atoms with Crippen LogP contribution in [0.15, 0.2) is 103 Å². The highest BCUT2D eigenvalue weighted by Gasteiger charge is 2.33. The summed E-state index contributed by atoms with van der Waals surface area (Å²) >= 11 is 11.6. The fourth-order valence-corrected chi connectivity index (χ4v) is 4.66. The van der Waals surface area contributed by atoms with E-state index in [1.165, 1.54) is 6.07 Å². The summed E-state index contributed by atoms with van der Waals surface area (Å²) in [6, 6.07) is 24.1. The van der Waals surface area contributed by atoms with E-state index in [2.05, 4.69) is 5.32 Å². The molecular weight excluding hydrogens is 602 g/mol. The molecule has 0 aliphatic rings. The first-order valence-corrected chi connectivity index (χ1v) is 13.7. The van der Waals surface area contributed by atoms with Crippen LogP contribution >= 0.6 is 23.2 Å². The third kappa shape index (κ3) is 8.56. The number of amides is 1. The molecule has 0 bridgehead atoms. The average molecular weight is 626 g/mol. The summed E-state index contributed by atoms with van der Waals surface area (Å²) in [5, 5.41) is 12.1. The zero-order chi connectivity index (χ0) is 31.1. The van der Waals surface area contributed by atoms with Crippen molar-refractivity contribution in [2.45, 2.75) is 25.1 Å². The van der Waals surface area contributed by atoms with Crippen LogP contribution in [0.5, 0.6) is 0 Å². The Morgan fingerprint density at radius 2 is 1.47 bits per heavy atom. The second kappa shape index (κ2) is 13.7. The number of ketones is 1. The van der Waals surface area contributed by atoms with Gasteiger partial charge in [0.1, 0.15) is 6.04 Å². The van der Waals surface area contributed by atoms with Gasteiger partial charge in [-0.25, -0.2) is 4.79 Å². The number of carboxylic acids is 1. The lowest BCUT2D eigenvalue weighted by Gasteiger charge is -2.17. The smallest absolute Gasteiger partial charge is 0.417 e. The van der Waals surface area contributed by atoms with Gasteiger partial charge < -0.3 is 10.4 Å². The van der Waals surface area contributed by atoms with Gasteiger partial charge in [-0.2, -0.15) is 13.2 Å². The monoisotopic (exact) mass is 625 g/mol. The molecule has 0 heterocycles. The lowest BCUT2D eigenvalue weighted by atomic mass is 9.97. The highest BCUT2D eigenvalue weighted by molar-refractivity contribution is 6.31. The topological polar surface area (TPSA) is 83.5 Å². The number of carboxylic acid groups (broad SMARTS) is 1. The van der Waals surface area contributed by atoms with Crippen LogP contribution < -0.4 is 5.32 Å². The molecule has 0 aliphatic carbocycles. The van der Waals surface area contributed by atoms with Gasteiger partial charge in [-0.1, -0.05) is 96.0 Å². The average Bonchev–Trinajstić information content (AvgIpc) is 2.98. The maximum Gasteiger partial charge on any atom is 0.417 e. The molecular formula is C33H24Cl2F3NO4. The van der Waals surface area contributed by atoms with Gasteiger partial charge in [-0.05, 0) is 52.6 Å². The number of alkyl halides is 3. The molecule has 10 heteroatoms. The summed E-state index contributed by atoms with van der Waals surface area (Å²) < 4.78 is 40.5. The standard InChI is InChI=1S/C33H24Cl2F3NO4/c34-26-13-6-20(7-14-26)18-29(32(42)43)39-31(41)25(16-21-8-15-28(35)27(17-21)33(36,37)38)19-30(40)24-11-9-23(10-12-24)22-4-2-1-3-5-22/h1-17,29H,18-19H2,(H,39,41)(H,42,43). The van der Waals surface area contributed by atoms with Crippen LogP contribution in [0.1, 0.15) is 33.5 Å². The Balaban J connectivity index is 1.64. The third-order valence-electron chi connectivity index (χ3n) is 6.55.